The molecular formula is C22H36O3. The van der Waals surface area contributed by atoms with Gasteiger partial charge in [0, 0.05) is 18.4 Å². The van der Waals surface area contributed by atoms with Gasteiger partial charge in [0.25, 0.3) is 0 Å². The highest BCUT2D eigenvalue weighted by Crippen LogP contribution is 2.66. The summed E-state index contributed by atoms with van der Waals surface area (Å²) in [6.07, 6.45) is 9.60. The van der Waals surface area contributed by atoms with Crippen molar-refractivity contribution in [2.75, 3.05) is 13.2 Å². The molecule has 0 aliphatic heterocycles. The average Bonchev–Trinajstić information content (AvgIpc) is 2.88. The molecule has 4 rings (SSSR count). The van der Waals surface area contributed by atoms with Crippen molar-refractivity contribution in [2.24, 2.45) is 34.5 Å². The Kier molecular flexibility index (Phi) is 4.35. The van der Waals surface area contributed by atoms with Crippen LogP contribution in [0, 0.1) is 34.5 Å². The zero-order valence-electron chi connectivity index (χ0n) is 16.4. The van der Waals surface area contributed by atoms with Crippen molar-refractivity contribution in [1.82, 2.24) is 0 Å². The molecule has 142 valence electrons. The fraction of sp³-hybridized carbons (Fsp3) is 0.955. The van der Waals surface area contributed by atoms with Crippen molar-refractivity contribution in [3.63, 3.8) is 0 Å². The molecule has 4 aliphatic rings. The van der Waals surface area contributed by atoms with Crippen LogP contribution in [0.5, 0.6) is 0 Å². The number of Topliss-reactive ketones (excluding diaryl/α,β-unsaturated/α-hetero) is 1. The molecule has 0 aromatic carbocycles. The normalized spacial score (nSPS) is 52.4. The number of ketones is 1. The Labute approximate surface area is 152 Å². The van der Waals surface area contributed by atoms with Crippen LogP contribution in [0.2, 0.25) is 0 Å². The number of carbonyl (C=O) groups is 1. The van der Waals surface area contributed by atoms with Gasteiger partial charge in [0.05, 0.1) is 12.2 Å². The Balaban J connectivity index is 1.66. The smallest absolute Gasteiger partial charge is 0.139 e. The van der Waals surface area contributed by atoms with Crippen molar-refractivity contribution < 1.29 is 14.6 Å². The first kappa shape index (κ1) is 18.0. The molecule has 0 spiro atoms. The summed E-state index contributed by atoms with van der Waals surface area (Å²) in [5, 5.41) is 10.7. The molecule has 0 heterocycles. The Morgan fingerprint density at radius 3 is 2.64 bits per heavy atom. The lowest BCUT2D eigenvalue weighted by Gasteiger charge is -2.62. The molecule has 0 bridgehead atoms. The summed E-state index contributed by atoms with van der Waals surface area (Å²) in [6, 6.07) is 0. The van der Waals surface area contributed by atoms with Crippen molar-refractivity contribution in [3.8, 4) is 0 Å². The van der Waals surface area contributed by atoms with Crippen LogP contribution in [0.1, 0.15) is 78.6 Å². The number of hydrogen-bond donors (Lipinski definition) is 1. The number of rotatable bonds is 3. The minimum atomic E-state index is -0.500. The first-order valence-electron chi connectivity index (χ1n) is 10.7. The Hall–Kier alpha value is -0.410. The average molecular weight is 349 g/mol. The minimum Gasteiger partial charge on any atom is -0.390 e. The third kappa shape index (κ3) is 2.64. The lowest BCUT2D eigenvalue weighted by atomic mass is 9.44. The van der Waals surface area contributed by atoms with Gasteiger partial charge in [0.1, 0.15) is 5.78 Å². The van der Waals surface area contributed by atoms with E-state index in [9.17, 15) is 9.90 Å². The number of hydrogen-bond acceptors (Lipinski definition) is 3. The zero-order chi connectivity index (χ0) is 17.9. The molecule has 7 atom stereocenters. The number of ether oxygens (including phenoxy) is 1. The van der Waals surface area contributed by atoms with Crippen LogP contribution in [0.4, 0.5) is 0 Å². The Bertz CT molecular complexity index is 541. The molecule has 4 aliphatic carbocycles. The summed E-state index contributed by atoms with van der Waals surface area (Å²) in [6.45, 7) is 8.02. The molecule has 7 unspecified atom stereocenters. The van der Waals surface area contributed by atoms with Crippen LogP contribution in [0.3, 0.4) is 0 Å². The summed E-state index contributed by atoms with van der Waals surface area (Å²) in [7, 11) is 0. The predicted octanol–water partition coefficient (Wildman–Crippen LogP) is 4.37. The lowest BCUT2D eigenvalue weighted by Crippen LogP contribution is -2.58. The SMILES string of the molecule is CCOCC12CCC(C)(O)CC1CCC1C3CCC(=O)C3(C)CCC12. The molecule has 1 N–H and O–H groups in total. The van der Waals surface area contributed by atoms with Crippen LogP contribution in [-0.2, 0) is 9.53 Å². The van der Waals surface area contributed by atoms with E-state index in [2.05, 4.69) is 13.8 Å². The second-order valence-electron chi connectivity index (χ2n) is 10.1. The topological polar surface area (TPSA) is 46.5 Å². The van der Waals surface area contributed by atoms with Crippen LogP contribution >= 0.6 is 0 Å². The van der Waals surface area contributed by atoms with Gasteiger partial charge in [-0.3, -0.25) is 4.79 Å². The van der Waals surface area contributed by atoms with Gasteiger partial charge in [-0.15, -0.1) is 0 Å². The summed E-state index contributed by atoms with van der Waals surface area (Å²) in [5.74, 6) is 3.11. The molecular weight excluding hydrogens is 312 g/mol. The molecule has 0 aromatic rings. The highest BCUT2D eigenvalue weighted by molar-refractivity contribution is 5.87. The van der Waals surface area contributed by atoms with Crippen LogP contribution in [0.15, 0.2) is 0 Å². The third-order valence-electron chi connectivity index (χ3n) is 8.94. The highest BCUT2D eigenvalue weighted by Gasteiger charge is 2.62. The molecule has 25 heavy (non-hydrogen) atoms. The van der Waals surface area contributed by atoms with Crippen LogP contribution < -0.4 is 0 Å². The van der Waals surface area contributed by atoms with Crippen molar-refractivity contribution in [3.05, 3.63) is 0 Å². The predicted molar refractivity (Wildman–Crippen MR) is 98.2 cm³/mol. The lowest BCUT2D eigenvalue weighted by molar-refractivity contribution is -0.176. The summed E-state index contributed by atoms with van der Waals surface area (Å²) >= 11 is 0. The zero-order valence-corrected chi connectivity index (χ0v) is 16.4. The maximum Gasteiger partial charge on any atom is 0.139 e. The third-order valence-corrected chi connectivity index (χ3v) is 8.94. The Morgan fingerprint density at radius 1 is 1.08 bits per heavy atom. The summed E-state index contributed by atoms with van der Waals surface area (Å²) in [4.78, 5) is 12.6. The van der Waals surface area contributed by atoms with Gasteiger partial charge in [0.15, 0.2) is 0 Å². The minimum absolute atomic E-state index is 0.0407. The number of aliphatic hydroxyl groups is 1. The van der Waals surface area contributed by atoms with E-state index in [0.717, 1.165) is 51.7 Å². The standard InChI is InChI=1S/C22H36O3/c1-4-25-14-22-12-11-20(2,24)13-15(22)5-6-16-17-7-8-19(23)21(17,3)10-9-18(16)22/h15-18,24H,4-14H2,1-3H3. The molecule has 3 nitrogen and oxygen atoms in total. The molecule has 0 radical (unpaired) electrons. The van der Waals surface area contributed by atoms with Gasteiger partial charge < -0.3 is 9.84 Å². The molecule has 3 heteroatoms. The van der Waals surface area contributed by atoms with Gasteiger partial charge in [0.2, 0.25) is 0 Å². The first-order chi connectivity index (χ1) is 11.8. The molecule has 0 aromatic heterocycles. The largest absolute Gasteiger partial charge is 0.390 e. The van der Waals surface area contributed by atoms with E-state index in [1.807, 2.05) is 6.92 Å². The van der Waals surface area contributed by atoms with E-state index in [4.69, 9.17) is 4.74 Å². The second-order valence-corrected chi connectivity index (χ2v) is 10.1. The van der Waals surface area contributed by atoms with Crippen molar-refractivity contribution >= 4 is 5.78 Å². The van der Waals surface area contributed by atoms with E-state index in [1.54, 1.807) is 0 Å². The molecule has 0 amide bonds. The van der Waals surface area contributed by atoms with Gasteiger partial charge in [-0.25, -0.2) is 0 Å². The molecule has 0 saturated heterocycles. The van der Waals surface area contributed by atoms with Crippen LogP contribution in [0.25, 0.3) is 0 Å². The molecule has 4 saturated carbocycles. The fourth-order valence-electron chi connectivity index (χ4n) is 7.58. The van der Waals surface area contributed by atoms with Crippen LogP contribution in [-0.4, -0.2) is 29.7 Å². The van der Waals surface area contributed by atoms with E-state index in [1.165, 1.54) is 19.3 Å². The van der Waals surface area contributed by atoms with Gasteiger partial charge in [-0.1, -0.05) is 6.92 Å². The fourth-order valence-corrected chi connectivity index (χ4v) is 7.58. The number of carbonyl (C=O) groups excluding carboxylic acids is 1. The van der Waals surface area contributed by atoms with E-state index >= 15 is 0 Å². The van der Waals surface area contributed by atoms with Gasteiger partial charge in [-0.05, 0) is 94.3 Å². The Morgan fingerprint density at radius 2 is 1.88 bits per heavy atom. The van der Waals surface area contributed by atoms with Crippen molar-refractivity contribution in [2.45, 2.75) is 84.2 Å². The summed E-state index contributed by atoms with van der Waals surface area (Å²) < 4.78 is 6.06. The van der Waals surface area contributed by atoms with E-state index in [-0.39, 0.29) is 10.8 Å². The van der Waals surface area contributed by atoms with E-state index < -0.39 is 5.60 Å². The first-order valence-corrected chi connectivity index (χ1v) is 10.7. The van der Waals surface area contributed by atoms with E-state index in [0.29, 0.717) is 29.5 Å². The number of fused-ring (bicyclic) bond motifs is 5. The van der Waals surface area contributed by atoms with Gasteiger partial charge in [-0.2, -0.15) is 0 Å². The highest BCUT2D eigenvalue weighted by atomic mass is 16.5. The van der Waals surface area contributed by atoms with Crippen molar-refractivity contribution in [1.29, 1.82) is 0 Å². The second kappa shape index (κ2) is 6.05. The summed E-state index contributed by atoms with van der Waals surface area (Å²) in [5.41, 5.74) is -0.297. The maximum absolute atomic E-state index is 12.6. The quantitative estimate of drug-likeness (QED) is 0.824. The monoisotopic (exact) mass is 348 g/mol. The van der Waals surface area contributed by atoms with Gasteiger partial charge >= 0.3 is 0 Å². The maximum atomic E-state index is 12.6. The molecule has 4 fully saturated rings.